The normalized spacial score (nSPS) is 15.5. The minimum atomic E-state index is -3.13. The van der Waals surface area contributed by atoms with Gasteiger partial charge in [0.25, 0.3) is 0 Å². The third-order valence-electron chi connectivity index (χ3n) is 3.32. The fourth-order valence-electron chi connectivity index (χ4n) is 2.12. The SMILES string of the molecule is CCNC(c1cc2ccccc2o1)C(C)S(C)(=O)=O. The first-order valence-corrected chi connectivity index (χ1v) is 8.29. The van der Waals surface area contributed by atoms with Crippen LogP contribution in [0.3, 0.4) is 0 Å². The molecule has 0 radical (unpaired) electrons. The van der Waals surface area contributed by atoms with Gasteiger partial charge in [0.15, 0.2) is 9.84 Å². The number of fused-ring (bicyclic) bond motifs is 1. The van der Waals surface area contributed by atoms with Gasteiger partial charge in [-0.3, -0.25) is 0 Å². The van der Waals surface area contributed by atoms with Crippen molar-refractivity contribution < 1.29 is 12.8 Å². The molecule has 0 amide bonds. The zero-order chi connectivity index (χ0) is 14.0. The molecule has 0 spiro atoms. The van der Waals surface area contributed by atoms with Gasteiger partial charge in [0.1, 0.15) is 11.3 Å². The molecule has 2 rings (SSSR count). The van der Waals surface area contributed by atoms with Gasteiger partial charge in [0.2, 0.25) is 0 Å². The van der Waals surface area contributed by atoms with Gasteiger partial charge in [-0.05, 0) is 25.6 Å². The average Bonchev–Trinajstić information content (AvgIpc) is 2.77. The van der Waals surface area contributed by atoms with E-state index in [0.717, 1.165) is 11.0 Å². The second kappa shape index (κ2) is 5.35. The lowest BCUT2D eigenvalue weighted by Crippen LogP contribution is -2.34. The second-order valence-electron chi connectivity index (χ2n) is 4.76. The van der Waals surface area contributed by atoms with Crippen LogP contribution in [0.25, 0.3) is 11.0 Å². The number of rotatable bonds is 5. The zero-order valence-electron chi connectivity index (χ0n) is 11.4. The van der Waals surface area contributed by atoms with Crippen LogP contribution in [0, 0.1) is 0 Å². The van der Waals surface area contributed by atoms with Gasteiger partial charge < -0.3 is 9.73 Å². The Bertz CT molecular complexity index is 627. The van der Waals surface area contributed by atoms with Gasteiger partial charge in [-0.15, -0.1) is 0 Å². The quantitative estimate of drug-likeness (QED) is 0.915. The Morgan fingerprint density at radius 1 is 1.32 bits per heavy atom. The fraction of sp³-hybridized carbons (Fsp3) is 0.429. The molecule has 1 heterocycles. The van der Waals surface area contributed by atoms with Crippen molar-refractivity contribution in [3.63, 3.8) is 0 Å². The first-order chi connectivity index (χ1) is 8.93. The summed E-state index contributed by atoms with van der Waals surface area (Å²) in [5.74, 6) is 0.668. The van der Waals surface area contributed by atoms with Crippen molar-refractivity contribution in [1.82, 2.24) is 5.32 Å². The van der Waals surface area contributed by atoms with Gasteiger partial charge in [0, 0.05) is 11.6 Å². The lowest BCUT2D eigenvalue weighted by atomic mass is 10.1. The first kappa shape index (κ1) is 14.1. The molecule has 2 atom stereocenters. The smallest absolute Gasteiger partial charge is 0.152 e. The van der Waals surface area contributed by atoms with Crippen LogP contribution in [0.2, 0.25) is 0 Å². The number of hydrogen-bond acceptors (Lipinski definition) is 4. The number of nitrogens with one attached hydrogen (secondary N) is 1. The van der Waals surface area contributed by atoms with Crippen LogP contribution in [0.15, 0.2) is 34.7 Å². The van der Waals surface area contributed by atoms with E-state index in [9.17, 15) is 8.42 Å². The molecule has 0 aliphatic carbocycles. The Kier molecular flexibility index (Phi) is 3.96. The predicted molar refractivity (Wildman–Crippen MR) is 76.9 cm³/mol. The van der Waals surface area contributed by atoms with Crippen molar-refractivity contribution in [3.05, 3.63) is 36.1 Å². The highest BCUT2D eigenvalue weighted by Crippen LogP contribution is 2.28. The molecule has 0 aliphatic heterocycles. The number of para-hydroxylation sites is 1. The number of furan rings is 1. The maximum Gasteiger partial charge on any atom is 0.152 e. The monoisotopic (exact) mass is 281 g/mol. The lowest BCUT2D eigenvalue weighted by Gasteiger charge is -2.21. The van der Waals surface area contributed by atoms with Crippen LogP contribution < -0.4 is 5.32 Å². The molecule has 1 aromatic carbocycles. The fourth-order valence-corrected chi connectivity index (χ4v) is 2.85. The summed E-state index contributed by atoms with van der Waals surface area (Å²) in [5, 5.41) is 3.65. The van der Waals surface area contributed by atoms with Crippen LogP contribution in [-0.2, 0) is 9.84 Å². The maximum absolute atomic E-state index is 11.8. The Morgan fingerprint density at radius 2 is 2.00 bits per heavy atom. The Balaban J connectivity index is 2.43. The van der Waals surface area contributed by atoms with Gasteiger partial charge in [-0.1, -0.05) is 25.1 Å². The minimum absolute atomic E-state index is 0.326. The standard InChI is InChI=1S/C14H19NO3S/c1-4-15-14(10(2)19(3,16)17)13-9-11-7-5-6-8-12(11)18-13/h5-10,14-15H,4H2,1-3H3. The van der Waals surface area contributed by atoms with Gasteiger partial charge in [0.05, 0.1) is 11.3 Å². The highest BCUT2D eigenvalue weighted by molar-refractivity contribution is 7.91. The summed E-state index contributed by atoms with van der Waals surface area (Å²) in [4.78, 5) is 0. The maximum atomic E-state index is 11.8. The average molecular weight is 281 g/mol. The van der Waals surface area contributed by atoms with Gasteiger partial charge >= 0.3 is 0 Å². The zero-order valence-corrected chi connectivity index (χ0v) is 12.2. The molecular formula is C14H19NO3S. The molecule has 5 heteroatoms. The number of sulfone groups is 1. The minimum Gasteiger partial charge on any atom is -0.459 e. The lowest BCUT2D eigenvalue weighted by molar-refractivity contribution is 0.424. The third-order valence-corrected chi connectivity index (χ3v) is 4.94. The Morgan fingerprint density at radius 3 is 2.58 bits per heavy atom. The van der Waals surface area contributed by atoms with Crippen molar-refractivity contribution >= 4 is 20.8 Å². The molecule has 19 heavy (non-hydrogen) atoms. The van der Waals surface area contributed by atoms with E-state index < -0.39 is 15.1 Å². The summed E-state index contributed by atoms with van der Waals surface area (Å²) in [6.07, 6.45) is 1.25. The predicted octanol–water partition coefficient (Wildman–Crippen LogP) is 2.52. The molecule has 2 aromatic rings. The van der Waals surface area contributed by atoms with Crippen molar-refractivity contribution in [2.75, 3.05) is 12.8 Å². The van der Waals surface area contributed by atoms with E-state index in [2.05, 4.69) is 5.32 Å². The molecule has 0 fully saturated rings. The van der Waals surface area contributed by atoms with E-state index in [-0.39, 0.29) is 6.04 Å². The number of benzene rings is 1. The van der Waals surface area contributed by atoms with Crippen LogP contribution >= 0.6 is 0 Å². The summed E-state index contributed by atoms with van der Waals surface area (Å²) >= 11 is 0. The van der Waals surface area contributed by atoms with E-state index in [1.54, 1.807) is 6.92 Å². The summed E-state index contributed by atoms with van der Waals surface area (Å²) < 4.78 is 29.3. The molecular weight excluding hydrogens is 262 g/mol. The van der Waals surface area contributed by atoms with E-state index in [4.69, 9.17) is 4.42 Å². The van der Waals surface area contributed by atoms with E-state index in [1.165, 1.54) is 6.26 Å². The topological polar surface area (TPSA) is 59.3 Å². The number of hydrogen-bond donors (Lipinski definition) is 1. The highest BCUT2D eigenvalue weighted by Gasteiger charge is 2.29. The van der Waals surface area contributed by atoms with Crippen molar-refractivity contribution in [1.29, 1.82) is 0 Å². The van der Waals surface area contributed by atoms with Crippen LogP contribution in [0.4, 0.5) is 0 Å². The molecule has 0 aliphatic rings. The van der Waals surface area contributed by atoms with E-state index in [0.29, 0.717) is 12.3 Å². The first-order valence-electron chi connectivity index (χ1n) is 6.34. The van der Waals surface area contributed by atoms with Crippen molar-refractivity contribution in [3.8, 4) is 0 Å². The molecule has 1 aromatic heterocycles. The van der Waals surface area contributed by atoms with E-state index in [1.807, 2.05) is 37.3 Å². The van der Waals surface area contributed by atoms with Gasteiger partial charge in [-0.2, -0.15) is 0 Å². The van der Waals surface area contributed by atoms with Crippen molar-refractivity contribution in [2.24, 2.45) is 0 Å². The Hall–Kier alpha value is -1.33. The second-order valence-corrected chi connectivity index (χ2v) is 7.16. The van der Waals surface area contributed by atoms with E-state index >= 15 is 0 Å². The summed E-state index contributed by atoms with van der Waals surface area (Å²) in [7, 11) is -3.13. The molecule has 1 N–H and O–H groups in total. The third kappa shape index (κ3) is 2.98. The molecule has 0 saturated carbocycles. The van der Waals surface area contributed by atoms with Crippen LogP contribution in [-0.4, -0.2) is 26.5 Å². The van der Waals surface area contributed by atoms with Gasteiger partial charge in [-0.25, -0.2) is 8.42 Å². The van der Waals surface area contributed by atoms with Crippen LogP contribution in [0.1, 0.15) is 25.6 Å². The Labute approximate surface area is 113 Å². The molecule has 0 saturated heterocycles. The molecule has 4 nitrogen and oxygen atoms in total. The highest BCUT2D eigenvalue weighted by atomic mass is 32.2. The summed E-state index contributed by atoms with van der Waals surface area (Å²) in [5.41, 5.74) is 0.779. The molecule has 0 bridgehead atoms. The van der Waals surface area contributed by atoms with Crippen molar-refractivity contribution in [2.45, 2.75) is 25.1 Å². The van der Waals surface area contributed by atoms with Crippen LogP contribution in [0.5, 0.6) is 0 Å². The molecule has 104 valence electrons. The summed E-state index contributed by atoms with van der Waals surface area (Å²) in [6, 6.07) is 9.25. The largest absolute Gasteiger partial charge is 0.459 e. The summed E-state index contributed by atoms with van der Waals surface area (Å²) in [6.45, 7) is 4.34. The molecule has 2 unspecified atom stereocenters.